The van der Waals surface area contributed by atoms with E-state index in [-0.39, 0.29) is 0 Å². The minimum absolute atomic E-state index is 0.659. The van der Waals surface area contributed by atoms with E-state index in [0.717, 1.165) is 12.8 Å². The Kier molecular flexibility index (Phi) is 7.20. The maximum Gasteiger partial charge on any atom is 0.320 e. The van der Waals surface area contributed by atoms with Gasteiger partial charge in [-0.25, -0.2) is 0 Å². The molecule has 0 saturated heterocycles. The van der Waals surface area contributed by atoms with Crippen molar-refractivity contribution in [3.05, 3.63) is 0 Å². The fourth-order valence-corrected chi connectivity index (χ4v) is 9.95. The van der Waals surface area contributed by atoms with Crippen molar-refractivity contribution in [3.8, 4) is 0 Å². The van der Waals surface area contributed by atoms with Crippen LogP contribution < -0.4 is 0 Å². The standard InChI is InChI=1S/C11H25BrO3Si2/c1-6-7-8-11(12,10(13)14)9-16(2)15-17(3,4)5/h16H,6-9H2,1-5H3,(H,13,14). The third-order valence-electron chi connectivity index (χ3n) is 2.48. The zero-order valence-corrected chi connectivity index (χ0v) is 15.3. The third-order valence-corrected chi connectivity index (χ3v) is 9.84. The predicted molar refractivity (Wildman–Crippen MR) is 81.1 cm³/mol. The van der Waals surface area contributed by atoms with Crippen LogP contribution >= 0.6 is 15.9 Å². The summed E-state index contributed by atoms with van der Waals surface area (Å²) in [7, 11) is -2.96. The van der Waals surface area contributed by atoms with Crippen molar-refractivity contribution in [1.29, 1.82) is 0 Å². The quantitative estimate of drug-likeness (QED) is 0.542. The van der Waals surface area contributed by atoms with E-state index in [1.807, 2.05) is 0 Å². The first-order valence-corrected chi connectivity index (χ1v) is 12.9. The summed E-state index contributed by atoms with van der Waals surface area (Å²) in [5.41, 5.74) is 0. The van der Waals surface area contributed by atoms with Crippen LogP contribution in [-0.4, -0.2) is 32.8 Å². The van der Waals surface area contributed by atoms with E-state index in [1.165, 1.54) is 0 Å². The Labute approximate surface area is 116 Å². The number of carbonyl (C=O) groups is 1. The van der Waals surface area contributed by atoms with Crippen LogP contribution in [0.15, 0.2) is 0 Å². The van der Waals surface area contributed by atoms with Gasteiger partial charge >= 0.3 is 5.97 Å². The summed E-state index contributed by atoms with van der Waals surface area (Å²) < 4.78 is 5.28. The first kappa shape index (κ1) is 17.3. The largest absolute Gasteiger partial charge is 0.480 e. The third kappa shape index (κ3) is 7.38. The predicted octanol–water partition coefficient (Wildman–Crippen LogP) is 3.60. The highest BCUT2D eigenvalue weighted by atomic mass is 79.9. The Hall–Kier alpha value is 0.344. The molecule has 3 nitrogen and oxygen atoms in total. The zero-order valence-electron chi connectivity index (χ0n) is 11.5. The van der Waals surface area contributed by atoms with Gasteiger partial charge in [-0.2, -0.15) is 0 Å². The molecule has 0 aromatic heterocycles. The molecule has 0 aliphatic rings. The average molecular weight is 341 g/mol. The molecule has 1 N–H and O–H groups in total. The molecule has 6 heteroatoms. The summed E-state index contributed by atoms with van der Waals surface area (Å²) in [6.07, 6.45) is 2.64. The van der Waals surface area contributed by atoms with Crippen molar-refractivity contribution in [2.24, 2.45) is 0 Å². The van der Waals surface area contributed by atoms with Crippen molar-refractivity contribution < 1.29 is 14.0 Å². The summed E-state index contributed by atoms with van der Waals surface area (Å²) in [4.78, 5) is 11.4. The second-order valence-corrected chi connectivity index (χ2v) is 14.3. The summed E-state index contributed by atoms with van der Waals surface area (Å²) in [6, 6.07) is 0.659. The number of rotatable bonds is 8. The van der Waals surface area contributed by atoms with Gasteiger partial charge in [-0.3, -0.25) is 4.79 Å². The molecule has 0 heterocycles. The molecule has 102 valence electrons. The SMILES string of the molecule is CCCCC(Br)(C[SiH](C)O[Si](C)(C)C)C(=O)O. The monoisotopic (exact) mass is 340 g/mol. The maximum absolute atomic E-state index is 11.4. The molecule has 0 aliphatic heterocycles. The number of alkyl halides is 1. The molecule has 0 spiro atoms. The van der Waals surface area contributed by atoms with Crippen molar-refractivity contribution in [2.75, 3.05) is 0 Å². The molecular formula is C11H25BrO3Si2. The highest BCUT2D eigenvalue weighted by Gasteiger charge is 2.38. The van der Waals surface area contributed by atoms with Gasteiger partial charge in [0.15, 0.2) is 17.4 Å². The highest BCUT2D eigenvalue weighted by molar-refractivity contribution is 9.10. The molecule has 17 heavy (non-hydrogen) atoms. The van der Waals surface area contributed by atoms with E-state index in [1.54, 1.807) is 0 Å². The van der Waals surface area contributed by atoms with Gasteiger partial charge in [-0.05, 0) is 38.7 Å². The molecule has 0 rings (SSSR count). The number of hydrogen-bond acceptors (Lipinski definition) is 2. The van der Waals surface area contributed by atoms with Gasteiger partial charge < -0.3 is 9.22 Å². The molecule has 2 unspecified atom stereocenters. The van der Waals surface area contributed by atoms with Crippen molar-refractivity contribution >= 4 is 39.3 Å². The molecular weight excluding hydrogens is 316 g/mol. The number of unbranched alkanes of at least 4 members (excludes halogenated alkanes) is 1. The second-order valence-electron chi connectivity index (χ2n) is 5.62. The van der Waals surface area contributed by atoms with E-state index < -0.39 is 27.7 Å². The van der Waals surface area contributed by atoms with Crippen LogP contribution in [-0.2, 0) is 8.91 Å². The summed E-state index contributed by atoms with van der Waals surface area (Å²) in [5, 5.41) is 9.34. The smallest absolute Gasteiger partial charge is 0.320 e. The second kappa shape index (κ2) is 7.06. The molecule has 0 amide bonds. The lowest BCUT2D eigenvalue weighted by atomic mass is 10.0. The molecule has 0 fully saturated rings. The topological polar surface area (TPSA) is 46.5 Å². The first-order valence-electron chi connectivity index (χ1n) is 6.21. The van der Waals surface area contributed by atoms with E-state index in [4.69, 9.17) is 4.12 Å². The van der Waals surface area contributed by atoms with Crippen LogP contribution in [0.5, 0.6) is 0 Å². The van der Waals surface area contributed by atoms with Crippen LogP contribution in [0.2, 0.25) is 32.2 Å². The molecule has 2 atom stereocenters. The number of aliphatic carboxylic acids is 1. The zero-order chi connectivity index (χ0) is 13.7. The number of hydrogen-bond donors (Lipinski definition) is 1. The molecule has 0 aromatic carbocycles. The van der Waals surface area contributed by atoms with Gasteiger partial charge in [0.05, 0.1) is 0 Å². The Morgan fingerprint density at radius 3 is 2.35 bits per heavy atom. The van der Waals surface area contributed by atoms with Crippen LogP contribution in [0.25, 0.3) is 0 Å². The van der Waals surface area contributed by atoms with Crippen LogP contribution in [0.3, 0.4) is 0 Å². The lowest BCUT2D eigenvalue weighted by molar-refractivity contribution is -0.139. The van der Waals surface area contributed by atoms with Crippen LogP contribution in [0, 0.1) is 0 Å². The summed E-state index contributed by atoms with van der Waals surface area (Å²) in [5.74, 6) is -0.746. The Balaban J connectivity index is 4.49. The molecule has 0 aromatic rings. The van der Waals surface area contributed by atoms with E-state index in [0.29, 0.717) is 12.5 Å². The van der Waals surface area contributed by atoms with E-state index in [2.05, 4.69) is 49.0 Å². The fraction of sp³-hybridized carbons (Fsp3) is 0.909. The fourth-order valence-electron chi connectivity index (χ4n) is 1.85. The summed E-state index contributed by atoms with van der Waals surface area (Å²) in [6.45, 7) is 10.6. The Morgan fingerprint density at radius 1 is 1.47 bits per heavy atom. The van der Waals surface area contributed by atoms with Crippen LogP contribution in [0.4, 0.5) is 0 Å². The normalized spacial score (nSPS) is 17.5. The number of carboxylic acids is 1. The number of carboxylic acid groups (broad SMARTS) is 1. The summed E-state index contributed by atoms with van der Waals surface area (Å²) >= 11 is 3.43. The molecule has 0 aliphatic carbocycles. The van der Waals surface area contributed by atoms with Crippen LogP contribution in [0.1, 0.15) is 26.2 Å². The van der Waals surface area contributed by atoms with Crippen molar-refractivity contribution in [2.45, 2.75) is 62.7 Å². The van der Waals surface area contributed by atoms with Gasteiger partial charge in [-0.15, -0.1) is 0 Å². The molecule has 0 bridgehead atoms. The minimum Gasteiger partial charge on any atom is -0.480 e. The lowest BCUT2D eigenvalue weighted by Crippen LogP contribution is -2.41. The van der Waals surface area contributed by atoms with Gasteiger partial charge in [0.2, 0.25) is 0 Å². The average Bonchev–Trinajstić information content (AvgIpc) is 2.11. The van der Waals surface area contributed by atoms with Gasteiger partial charge in [-0.1, -0.05) is 35.7 Å². The van der Waals surface area contributed by atoms with Crippen molar-refractivity contribution in [1.82, 2.24) is 0 Å². The van der Waals surface area contributed by atoms with Gasteiger partial charge in [0.25, 0.3) is 0 Å². The Morgan fingerprint density at radius 2 is 2.00 bits per heavy atom. The lowest BCUT2D eigenvalue weighted by Gasteiger charge is -2.29. The molecule has 0 saturated carbocycles. The maximum atomic E-state index is 11.4. The van der Waals surface area contributed by atoms with E-state index >= 15 is 0 Å². The van der Waals surface area contributed by atoms with Gasteiger partial charge in [0, 0.05) is 0 Å². The Bertz CT molecular complexity index is 256. The van der Waals surface area contributed by atoms with E-state index in [9.17, 15) is 9.90 Å². The van der Waals surface area contributed by atoms with Crippen molar-refractivity contribution in [3.63, 3.8) is 0 Å². The highest BCUT2D eigenvalue weighted by Crippen LogP contribution is 2.32. The first-order chi connectivity index (χ1) is 7.60. The number of halogens is 1. The minimum atomic E-state index is -1.54. The molecule has 0 radical (unpaired) electrons. The van der Waals surface area contributed by atoms with Gasteiger partial charge in [0.1, 0.15) is 4.32 Å².